The van der Waals surface area contributed by atoms with Gasteiger partial charge in [0.25, 0.3) is 0 Å². The van der Waals surface area contributed by atoms with Crippen molar-refractivity contribution < 1.29 is 14.7 Å². The summed E-state index contributed by atoms with van der Waals surface area (Å²) < 4.78 is 3.61. The monoisotopic (exact) mass is 333 g/mol. The van der Waals surface area contributed by atoms with E-state index in [9.17, 15) is 14.7 Å². The number of fused-ring (bicyclic) bond motifs is 1. The number of carboxylic acids is 1. The van der Waals surface area contributed by atoms with Crippen LogP contribution in [0.2, 0.25) is 0 Å². The number of carbonyl (C=O) groups is 2. The lowest BCUT2D eigenvalue weighted by Crippen LogP contribution is -2.40. The number of nitrogens with zero attached hydrogens (tertiary/aromatic N) is 4. The van der Waals surface area contributed by atoms with Crippen LogP contribution in [0.25, 0.3) is 11.0 Å². The second-order valence-corrected chi connectivity index (χ2v) is 6.44. The van der Waals surface area contributed by atoms with Gasteiger partial charge in [-0.05, 0) is 19.8 Å². The molecular formula is C16H23N5O3. The van der Waals surface area contributed by atoms with E-state index in [1.807, 2.05) is 18.7 Å². The van der Waals surface area contributed by atoms with E-state index in [1.54, 1.807) is 10.9 Å². The smallest absolute Gasteiger partial charge is 0.307 e. The lowest BCUT2D eigenvalue weighted by atomic mass is 9.79. The van der Waals surface area contributed by atoms with Crippen LogP contribution < -0.4 is 5.32 Å². The Morgan fingerprint density at radius 1 is 1.33 bits per heavy atom. The molecule has 0 radical (unpaired) electrons. The number of aliphatic carboxylic acids is 1. The highest BCUT2D eigenvalue weighted by Gasteiger charge is 2.35. The lowest BCUT2D eigenvalue weighted by Gasteiger charge is -2.27. The number of hydrogen-bond acceptors (Lipinski definition) is 4. The molecule has 0 saturated heterocycles. The van der Waals surface area contributed by atoms with E-state index in [0.717, 1.165) is 29.6 Å². The number of aryl methyl sites for hydroxylation is 2. The van der Waals surface area contributed by atoms with Crippen molar-refractivity contribution in [1.82, 2.24) is 24.9 Å². The van der Waals surface area contributed by atoms with Gasteiger partial charge in [-0.25, -0.2) is 0 Å². The van der Waals surface area contributed by atoms with E-state index < -0.39 is 17.8 Å². The molecule has 24 heavy (non-hydrogen) atoms. The Bertz CT molecular complexity index is 763. The van der Waals surface area contributed by atoms with Crippen molar-refractivity contribution in [2.45, 2.75) is 39.2 Å². The van der Waals surface area contributed by atoms with Crippen LogP contribution >= 0.6 is 0 Å². The van der Waals surface area contributed by atoms with Crippen molar-refractivity contribution in [3.05, 3.63) is 11.9 Å². The maximum absolute atomic E-state index is 12.4. The zero-order valence-electron chi connectivity index (χ0n) is 14.0. The molecule has 8 nitrogen and oxygen atoms in total. The number of rotatable bonds is 5. The zero-order chi connectivity index (χ0) is 17.3. The van der Waals surface area contributed by atoms with Gasteiger partial charge in [0.2, 0.25) is 5.91 Å². The van der Waals surface area contributed by atoms with Gasteiger partial charge in [-0.15, -0.1) is 0 Å². The molecule has 0 aliphatic heterocycles. The predicted molar refractivity (Wildman–Crippen MR) is 87.3 cm³/mol. The van der Waals surface area contributed by atoms with Crippen LogP contribution in [-0.4, -0.2) is 43.1 Å². The van der Waals surface area contributed by atoms with E-state index in [1.165, 1.54) is 0 Å². The van der Waals surface area contributed by atoms with Gasteiger partial charge in [0.1, 0.15) is 11.0 Å². The number of hydrogen-bond donors (Lipinski definition) is 2. The Morgan fingerprint density at radius 3 is 2.75 bits per heavy atom. The topological polar surface area (TPSA) is 102 Å². The van der Waals surface area contributed by atoms with Crippen LogP contribution in [0.5, 0.6) is 0 Å². The molecule has 2 aromatic heterocycles. The highest BCUT2D eigenvalue weighted by Crippen LogP contribution is 2.30. The summed E-state index contributed by atoms with van der Waals surface area (Å²) in [7, 11) is 1.87. The molecule has 0 aromatic carbocycles. The molecule has 3 rings (SSSR count). The molecule has 1 aliphatic carbocycles. The number of nitrogens with one attached hydrogen (secondary N) is 1. The summed E-state index contributed by atoms with van der Waals surface area (Å²) >= 11 is 0. The number of amides is 1. The van der Waals surface area contributed by atoms with Gasteiger partial charge in [-0.3, -0.25) is 19.0 Å². The molecule has 2 heterocycles. The summed E-state index contributed by atoms with van der Waals surface area (Å²) in [6.07, 6.45) is 4.79. The molecule has 1 amide bonds. The first-order valence-electron chi connectivity index (χ1n) is 8.34. The minimum atomic E-state index is -0.866. The third kappa shape index (κ3) is 3.00. The number of carboxylic acid groups (broad SMARTS) is 1. The molecule has 2 N–H and O–H groups in total. The quantitative estimate of drug-likeness (QED) is 0.852. The van der Waals surface area contributed by atoms with Crippen LogP contribution in [-0.2, 0) is 23.2 Å². The van der Waals surface area contributed by atoms with Crippen molar-refractivity contribution >= 4 is 22.9 Å². The van der Waals surface area contributed by atoms with Crippen molar-refractivity contribution in [2.75, 3.05) is 6.54 Å². The highest BCUT2D eigenvalue weighted by molar-refractivity contribution is 5.84. The average Bonchev–Trinajstić information content (AvgIpc) is 3.10. The van der Waals surface area contributed by atoms with Crippen molar-refractivity contribution in [3.8, 4) is 0 Å². The summed E-state index contributed by atoms with van der Waals surface area (Å²) in [5, 5.41) is 20.9. The molecule has 130 valence electrons. The van der Waals surface area contributed by atoms with Crippen molar-refractivity contribution in [3.63, 3.8) is 0 Å². The first-order chi connectivity index (χ1) is 11.5. The standard InChI is InChI=1S/C16H23N5O3/c1-10-14-13(20(2)19-10)9-18-21(14)8-7-17-15(22)11-5-3-4-6-12(11)16(23)24/h9,11-12H,3-8H2,1-2H3,(H,17,22)(H,23,24). The highest BCUT2D eigenvalue weighted by atomic mass is 16.4. The van der Waals surface area contributed by atoms with E-state index >= 15 is 0 Å². The molecule has 0 bridgehead atoms. The molecule has 2 atom stereocenters. The van der Waals surface area contributed by atoms with Gasteiger partial charge in [0, 0.05) is 13.6 Å². The third-order valence-corrected chi connectivity index (χ3v) is 4.85. The third-order valence-electron chi connectivity index (χ3n) is 4.85. The Labute approximate surface area is 139 Å². The second kappa shape index (κ2) is 6.62. The fourth-order valence-corrected chi connectivity index (χ4v) is 3.64. The summed E-state index contributed by atoms with van der Waals surface area (Å²) in [6.45, 7) is 2.89. The van der Waals surface area contributed by atoms with Crippen LogP contribution in [0.3, 0.4) is 0 Å². The SMILES string of the molecule is Cc1nn(C)c2cnn(CCNC(=O)C3CCCCC3C(=O)O)c12. The number of aromatic nitrogens is 4. The normalized spacial score (nSPS) is 21.1. The van der Waals surface area contributed by atoms with E-state index in [-0.39, 0.29) is 5.91 Å². The molecule has 8 heteroatoms. The summed E-state index contributed by atoms with van der Waals surface area (Å²) in [6, 6.07) is 0. The van der Waals surface area contributed by atoms with Gasteiger partial charge in [-0.2, -0.15) is 10.2 Å². The Kier molecular flexibility index (Phi) is 4.55. The van der Waals surface area contributed by atoms with Crippen LogP contribution in [0.4, 0.5) is 0 Å². The maximum atomic E-state index is 12.4. The lowest BCUT2D eigenvalue weighted by molar-refractivity contribution is -0.148. The van der Waals surface area contributed by atoms with E-state index in [2.05, 4.69) is 15.5 Å². The van der Waals surface area contributed by atoms with Crippen molar-refractivity contribution in [1.29, 1.82) is 0 Å². The van der Waals surface area contributed by atoms with Gasteiger partial charge in [0.15, 0.2) is 0 Å². The number of carbonyl (C=O) groups excluding carboxylic acids is 1. The zero-order valence-corrected chi connectivity index (χ0v) is 14.0. The Morgan fingerprint density at radius 2 is 2.04 bits per heavy atom. The Hall–Kier alpha value is -2.38. The molecule has 2 aromatic rings. The van der Waals surface area contributed by atoms with Crippen LogP contribution in [0.15, 0.2) is 6.20 Å². The molecule has 1 aliphatic rings. The summed E-state index contributed by atoms with van der Waals surface area (Å²) in [5.41, 5.74) is 2.82. The summed E-state index contributed by atoms with van der Waals surface area (Å²) in [5.74, 6) is -2.01. The fourth-order valence-electron chi connectivity index (χ4n) is 3.64. The van der Waals surface area contributed by atoms with Gasteiger partial charge >= 0.3 is 5.97 Å². The fraction of sp³-hybridized carbons (Fsp3) is 0.625. The minimum Gasteiger partial charge on any atom is -0.481 e. The van der Waals surface area contributed by atoms with Gasteiger partial charge in [0.05, 0.1) is 30.3 Å². The van der Waals surface area contributed by atoms with Gasteiger partial charge in [-0.1, -0.05) is 12.8 Å². The van der Waals surface area contributed by atoms with E-state index in [4.69, 9.17) is 0 Å². The molecular weight excluding hydrogens is 310 g/mol. The predicted octanol–water partition coefficient (Wildman–Crippen LogP) is 1.09. The van der Waals surface area contributed by atoms with Crippen LogP contribution in [0.1, 0.15) is 31.4 Å². The Balaban J connectivity index is 1.61. The first kappa shape index (κ1) is 16.5. The molecule has 0 spiro atoms. The minimum absolute atomic E-state index is 0.159. The summed E-state index contributed by atoms with van der Waals surface area (Å²) in [4.78, 5) is 23.7. The first-order valence-corrected chi connectivity index (χ1v) is 8.34. The molecule has 1 saturated carbocycles. The largest absolute Gasteiger partial charge is 0.481 e. The van der Waals surface area contributed by atoms with Crippen molar-refractivity contribution in [2.24, 2.45) is 18.9 Å². The molecule has 1 fully saturated rings. The second-order valence-electron chi connectivity index (χ2n) is 6.44. The van der Waals surface area contributed by atoms with Gasteiger partial charge < -0.3 is 10.4 Å². The maximum Gasteiger partial charge on any atom is 0.307 e. The molecule has 2 unspecified atom stereocenters. The van der Waals surface area contributed by atoms with Crippen LogP contribution in [0, 0.1) is 18.8 Å². The average molecular weight is 333 g/mol. The van der Waals surface area contributed by atoms with E-state index in [0.29, 0.717) is 25.9 Å².